The van der Waals surface area contributed by atoms with E-state index < -0.39 is 0 Å². The van der Waals surface area contributed by atoms with Crippen LogP contribution in [-0.2, 0) is 6.61 Å². The van der Waals surface area contributed by atoms with Crippen molar-refractivity contribution in [2.75, 3.05) is 0 Å². The summed E-state index contributed by atoms with van der Waals surface area (Å²) in [7, 11) is 0. The summed E-state index contributed by atoms with van der Waals surface area (Å²) in [6, 6.07) is 1.86. The van der Waals surface area contributed by atoms with Crippen LogP contribution in [0.3, 0.4) is 0 Å². The first-order valence-electron chi connectivity index (χ1n) is 3.74. The van der Waals surface area contributed by atoms with Gasteiger partial charge in [-0.05, 0) is 34.5 Å². The first-order chi connectivity index (χ1) is 6.20. The van der Waals surface area contributed by atoms with E-state index in [-0.39, 0.29) is 6.61 Å². The zero-order chi connectivity index (χ0) is 9.42. The predicted molar refractivity (Wildman–Crippen MR) is 55.8 cm³/mol. The van der Waals surface area contributed by atoms with Gasteiger partial charge in [0, 0.05) is 0 Å². The summed E-state index contributed by atoms with van der Waals surface area (Å²) in [6.45, 7) is 1.95. The summed E-state index contributed by atoms with van der Waals surface area (Å²) >= 11 is 4.79. The average molecular weight is 259 g/mol. The van der Waals surface area contributed by atoms with Crippen LogP contribution in [0.25, 0.3) is 10.3 Å². The number of thiazole rings is 1. The van der Waals surface area contributed by atoms with Gasteiger partial charge >= 0.3 is 0 Å². The fraction of sp³-hybridized carbons (Fsp3) is 0.250. The van der Waals surface area contributed by atoms with Crippen molar-refractivity contribution in [3.8, 4) is 0 Å². The zero-order valence-corrected chi connectivity index (χ0v) is 9.31. The molecule has 0 spiro atoms. The van der Waals surface area contributed by atoms with Crippen LogP contribution in [0.15, 0.2) is 9.98 Å². The fourth-order valence-electron chi connectivity index (χ4n) is 1.18. The van der Waals surface area contributed by atoms with Crippen LogP contribution >= 0.6 is 27.3 Å². The summed E-state index contributed by atoms with van der Waals surface area (Å²) in [5, 5.41) is 8.94. The summed E-state index contributed by atoms with van der Waals surface area (Å²) in [6.07, 6.45) is 0. The van der Waals surface area contributed by atoms with Crippen LogP contribution in [-0.4, -0.2) is 15.1 Å². The standard InChI is InChI=1S/C8H7BrN2OS/c1-4-2-5(3-12)10-7-6(4)11-8(9)13-7/h2,12H,3H2,1H3. The van der Waals surface area contributed by atoms with Gasteiger partial charge in [-0.1, -0.05) is 11.3 Å². The first-order valence-corrected chi connectivity index (χ1v) is 5.35. The molecule has 2 rings (SSSR count). The van der Waals surface area contributed by atoms with Crippen molar-refractivity contribution in [3.63, 3.8) is 0 Å². The highest BCUT2D eigenvalue weighted by molar-refractivity contribution is 9.11. The first kappa shape index (κ1) is 9.05. The summed E-state index contributed by atoms with van der Waals surface area (Å²) in [5.74, 6) is 0. The second kappa shape index (κ2) is 3.32. The summed E-state index contributed by atoms with van der Waals surface area (Å²) < 4.78 is 0.827. The number of nitrogens with zero attached hydrogens (tertiary/aromatic N) is 2. The van der Waals surface area contributed by atoms with E-state index in [4.69, 9.17) is 5.11 Å². The second-order valence-corrected chi connectivity index (χ2v) is 4.96. The van der Waals surface area contributed by atoms with Crippen molar-refractivity contribution in [1.29, 1.82) is 0 Å². The molecule has 3 nitrogen and oxygen atoms in total. The number of halogens is 1. The molecule has 0 aromatic carbocycles. The van der Waals surface area contributed by atoms with Gasteiger partial charge in [0.25, 0.3) is 0 Å². The molecule has 0 amide bonds. The Hall–Kier alpha value is -0.520. The monoisotopic (exact) mass is 258 g/mol. The molecule has 0 saturated heterocycles. The molecule has 13 heavy (non-hydrogen) atoms. The number of fused-ring (bicyclic) bond motifs is 1. The van der Waals surface area contributed by atoms with Gasteiger partial charge in [-0.2, -0.15) is 0 Å². The lowest BCUT2D eigenvalue weighted by molar-refractivity contribution is 0.277. The van der Waals surface area contributed by atoms with Crippen LogP contribution < -0.4 is 0 Å². The number of rotatable bonds is 1. The summed E-state index contributed by atoms with van der Waals surface area (Å²) in [4.78, 5) is 9.40. The quantitative estimate of drug-likeness (QED) is 0.854. The number of aliphatic hydroxyl groups is 1. The van der Waals surface area contributed by atoms with Crippen LogP contribution in [0.4, 0.5) is 0 Å². The Kier molecular flexibility index (Phi) is 2.31. The molecule has 0 saturated carbocycles. The van der Waals surface area contributed by atoms with Gasteiger partial charge in [0.05, 0.1) is 12.3 Å². The van der Waals surface area contributed by atoms with Gasteiger partial charge in [0.2, 0.25) is 0 Å². The Morgan fingerprint density at radius 1 is 1.54 bits per heavy atom. The van der Waals surface area contributed by atoms with Crippen molar-refractivity contribution >= 4 is 37.6 Å². The number of hydrogen-bond acceptors (Lipinski definition) is 4. The van der Waals surface area contributed by atoms with E-state index in [1.54, 1.807) is 0 Å². The average Bonchev–Trinajstić information content (AvgIpc) is 2.46. The number of pyridine rings is 1. The van der Waals surface area contributed by atoms with E-state index in [1.807, 2.05) is 13.0 Å². The molecule has 2 heterocycles. The van der Waals surface area contributed by atoms with Gasteiger partial charge in [0.15, 0.2) is 3.92 Å². The van der Waals surface area contributed by atoms with Gasteiger partial charge in [-0.15, -0.1) is 0 Å². The summed E-state index contributed by atoms with van der Waals surface area (Å²) in [5.41, 5.74) is 2.66. The SMILES string of the molecule is Cc1cc(CO)nc2sc(Br)nc12. The normalized spacial score (nSPS) is 11.0. The molecule has 0 radical (unpaired) electrons. The van der Waals surface area contributed by atoms with Gasteiger partial charge in [-0.3, -0.25) is 0 Å². The third-order valence-electron chi connectivity index (χ3n) is 1.75. The zero-order valence-electron chi connectivity index (χ0n) is 6.91. The molecule has 0 fully saturated rings. The second-order valence-electron chi connectivity index (χ2n) is 2.71. The highest BCUT2D eigenvalue weighted by atomic mass is 79.9. The lowest BCUT2D eigenvalue weighted by atomic mass is 10.2. The van der Waals surface area contributed by atoms with Crippen molar-refractivity contribution in [1.82, 2.24) is 9.97 Å². The largest absolute Gasteiger partial charge is 0.390 e. The molecule has 1 N–H and O–H groups in total. The Labute approximate surface area is 87.6 Å². The third-order valence-corrected chi connectivity index (χ3v) is 3.15. The lowest BCUT2D eigenvalue weighted by Gasteiger charge is -1.97. The molecule has 5 heteroatoms. The van der Waals surface area contributed by atoms with E-state index >= 15 is 0 Å². The van der Waals surface area contributed by atoms with E-state index in [2.05, 4.69) is 25.9 Å². The molecule has 0 bridgehead atoms. The predicted octanol–water partition coefficient (Wildman–Crippen LogP) is 2.25. The molecule has 2 aromatic heterocycles. The minimum absolute atomic E-state index is 0.0215. The van der Waals surface area contributed by atoms with Crippen LogP contribution in [0, 0.1) is 6.92 Å². The van der Waals surface area contributed by atoms with Crippen molar-refractivity contribution in [3.05, 3.63) is 21.2 Å². The lowest BCUT2D eigenvalue weighted by Crippen LogP contribution is -1.90. The Morgan fingerprint density at radius 3 is 3.00 bits per heavy atom. The van der Waals surface area contributed by atoms with Crippen molar-refractivity contribution in [2.24, 2.45) is 0 Å². The number of aromatic nitrogens is 2. The number of aliphatic hydroxyl groups excluding tert-OH is 1. The molecule has 0 unspecified atom stereocenters. The third kappa shape index (κ3) is 1.59. The molecule has 0 aliphatic carbocycles. The van der Waals surface area contributed by atoms with Gasteiger partial charge in [-0.25, -0.2) is 9.97 Å². The van der Waals surface area contributed by atoms with E-state index in [0.29, 0.717) is 5.69 Å². The number of aryl methyl sites for hydroxylation is 1. The topological polar surface area (TPSA) is 46.0 Å². The Balaban J connectivity index is 2.75. The van der Waals surface area contributed by atoms with E-state index in [0.717, 1.165) is 19.8 Å². The van der Waals surface area contributed by atoms with Crippen LogP contribution in [0.1, 0.15) is 11.3 Å². The highest BCUT2D eigenvalue weighted by Crippen LogP contribution is 2.26. The maximum absolute atomic E-state index is 8.94. The Morgan fingerprint density at radius 2 is 2.31 bits per heavy atom. The molecular weight excluding hydrogens is 252 g/mol. The highest BCUT2D eigenvalue weighted by Gasteiger charge is 2.07. The Bertz CT molecular complexity index is 455. The molecule has 2 aromatic rings. The number of hydrogen-bond donors (Lipinski definition) is 1. The van der Waals surface area contributed by atoms with E-state index in [9.17, 15) is 0 Å². The molecule has 0 atom stereocenters. The van der Waals surface area contributed by atoms with Gasteiger partial charge in [0.1, 0.15) is 10.3 Å². The molecule has 68 valence electrons. The molecule has 0 aliphatic rings. The maximum Gasteiger partial charge on any atom is 0.161 e. The smallest absolute Gasteiger partial charge is 0.161 e. The van der Waals surface area contributed by atoms with Gasteiger partial charge < -0.3 is 5.11 Å². The molecule has 0 aliphatic heterocycles. The minimum Gasteiger partial charge on any atom is -0.390 e. The van der Waals surface area contributed by atoms with E-state index in [1.165, 1.54) is 11.3 Å². The minimum atomic E-state index is -0.0215. The fourth-order valence-corrected chi connectivity index (χ4v) is 2.58. The van der Waals surface area contributed by atoms with Crippen LogP contribution in [0.2, 0.25) is 0 Å². The van der Waals surface area contributed by atoms with Crippen molar-refractivity contribution in [2.45, 2.75) is 13.5 Å². The molecular formula is C8H7BrN2OS. The van der Waals surface area contributed by atoms with Crippen molar-refractivity contribution < 1.29 is 5.11 Å². The maximum atomic E-state index is 8.94. The van der Waals surface area contributed by atoms with Crippen LogP contribution in [0.5, 0.6) is 0 Å².